The van der Waals surface area contributed by atoms with Gasteiger partial charge in [0.15, 0.2) is 5.82 Å². The molecule has 1 aliphatic heterocycles. The lowest BCUT2D eigenvalue weighted by molar-refractivity contribution is -0.135. The number of aryl methyl sites for hydroxylation is 1. The molecule has 31 heavy (non-hydrogen) atoms. The Balaban J connectivity index is 1.51. The number of ether oxygens (including phenoxy) is 1. The van der Waals surface area contributed by atoms with Gasteiger partial charge in [0.05, 0.1) is 13.2 Å². The SMILES string of the molecule is COc1ccccc1CCC(=O)N1CCCC(c2nnnn2C2CCCC2)(N(C)C)C1. The summed E-state index contributed by atoms with van der Waals surface area (Å²) in [7, 11) is 5.83. The van der Waals surface area contributed by atoms with Gasteiger partial charge in [-0.15, -0.1) is 5.10 Å². The number of likely N-dealkylation sites (N-methyl/N-ethyl adjacent to an activating group) is 1. The molecule has 2 aromatic rings. The van der Waals surface area contributed by atoms with Gasteiger partial charge in [-0.25, -0.2) is 4.68 Å². The zero-order valence-electron chi connectivity index (χ0n) is 19.0. The molecular weight excluding hydrogens is 392 g/mol. The van der Waals surface area contributed by atoms with Crippen molar-refractivity contribution in [2.24, 2.45) is 0 Å². The van der Waals surface area contributed by atoms with Crippen molar-refractivity contribution < 1.29 is 9.53 Å². The third-order valence-corrected chi connectivity index (χ3v) is 7.06. The van der Waals surface area contributed by atoms with E-state index < -0.39 is 0 Å². The van der Waals surface area contributed by atoms with Crippen LogP contribution in [-0.4, -0.2) is 70.2 Å². The van der Waals surface area contributed by atoms with Gasteiger partial charge < -0.3 is 9.64 Å². The topological polar surface area (TPSA) is 76.4 Å². The van der Waals surface area contributed by atoms with E-state index in [0.29, 0.717) is 25.4 Å². The van der Waals surface area contributed by atoms with E-state index in [1.807, 2.05) is 29.2 Å². The quantitative estimate of drug-likeness (QED) is 0.678. The van der Waals surface area contributed by atoms with Crippen LogP contribution in [0.2, 0.25) is 0 Å². The van der Waals surface area contributed by atoms with Crippen molar-refractivity contribution in [1.82, 2.24) is 30.0 Å². The van der Waals surface area contributed by atoms with Crippen LogP contribution in [0.15, 0.2) is 24.3 Å². The van der Waals surface area contributed by atoms with Gasteiger partial charge in [-0.1, -0.05) is 31.0 Å². The van der Waals surface area contributed by atoms with Crippen LogP contribution in [0, 0.1) is 0 Å². The lowest BCUT2D eigenvalue weighted by Gasteiger charge is -2.46. The van der Waals surface area contributed by atoms with Gasteiger partial charge in [0, 0.05) is 19.5 Å². The fourth-order valence-electron chi connectivity index (χ4n) is 5.20. The molecule has 1 unspecified atom stereocenters. The Kier molecular flexibility index (Phi) is 6.55. The summed E-state index contributed by atoms with van der Waals surface area (Å²) in [6.45, 7) is 1.41. The van der Waals surface area contributed by atoms with Gasteiger partial charge in [-0.05, 0) is 68.3 Å². The zero-order valence-corrected chi connectivity index (χ0v) is 19.0. The van der Waals surface area contributed by atoms with Gasteiger partial charge in [0.1, 0.15) is 11.3 Å². The van der Waals surface area contributed by atoms with Gasteiger partial charge >= 0.3 is 0 Å². The second-order valence-corrected chi connectivity index (χ2v) is 9.04. The number of hydrogen-bond donors (Lipinski definition) is 0. The molecule has 4 rings (SSSR count). The lowest BCUT2D eigenvalue weighted by atomic mass is 9.86. The molecule has 2 aliphatic rings. The number of tetrazole rings is 1. The minimum Gasteiger partial charge on any atom is -0.496 e. The van der Waals surface area contributed by atoms with E-state index in [2.05, 4.69) is 39.2 Å². The number of carbonyl (C=O) groups is 1. The van der Waals surface area contributed by atoms with Crippen LogP contribution in [0.1, 0.15) is 62.4 Å². The average Bonchev–Trinajstić information content (AvgIpc) is 3.49. The van der Waals surface area contributed by atoms with Crippen LogP contribution in [0.3, 0.4) is 0 Å². The highest BCUT2D eigenvalue weighted by Crippen LogP contribution is 2.38. The summed E-state index contributed by atoms with van der Waals surface area (Å²) in [6.07, 6.45) is 7.75. The number of piperidine rings is 1. The summed E-state index contributed by atoms with van der Waals surface area (Å²) in [6, 6.07) is 8.29. The highest BCUT2D eigenvalue weighted by molar-refractivity contribution is 5.76. The van der Waals surface area contributed by atoms with Crippen molar-refractivity contribution in [2.45, 2.75) is 62.9 Å². The Morgan fingerprint density at radius 3 is 2.74 bits per heavy atom. The molecule has 1 saturated carbocycles. The molecule has 1 amide bonds. The molecule has 0 spiro atoms. The fraction of sp³-hybridized carbons (Fsp3) is 0.652. The predicted molar refractivity (Wildman–Crippen MR) is 118 cm³/mol. The number of carbonyl (C=O) groups excluding carboxylic acids is 1. The maximum atomic E-state index is 13.2. The highest BCUT2D eigenvalue weighted by atomic mass is 16.5. The zero-order chi connectivity index (χ0) is 21.8. The number of aromatic nitrogens is 4. The summed E-state index contributed by atoms with van der Waals surface area (Å²) in [4.78, 5) is 17.4. The van der Waals surface area contributed by atoms with Crippen LogP contribution in [0.5, 0.6) is 5.75 Å². The van der Waals surface area contributed by atoms with E-state index in [9.17, 15) is 4.79 Å². The van der Waals surface area contributed by atoms with E-state index in [1.165, 1.54) is 12.8 Å². The Bertz CT molecular complexity index is 892. The Morgan fingerprint density at radius 2 is 2.00 bits per heavy atom. The van der Waals surface area contributed by atoms with E-state index in [1.54, 1.807) is 7.11 Å². The molecule has 0 N–H and O–H groups in total. The van der Waals surface area contributed by atoms with Crippen molar-refractivity contribution in [3.8, 4) is 5.75 Å². The maximum Gasteiger partial charge on any atom is 0.222 e. The molecule has 1 aliphatic carbocycles. The summed E-state index contributed by atoms with van der Waals surface area (Å²) in [5.74, 6) is 1.93. The minimum absolute atomic E-state index is 0.178. The van der Waals surface area contributed by atoms with Gasteiger partial charge in [0.25, 0.3) is 0 Å². The molecular formula is C23H34N6O2. The highest BCUT2D eigenvalue weighted by Gasteiger charge is 2.45. The summed E-state index contributed by atoms with van der Waals surface area (Å²) < 4.78 is 7.49. The van der Waals surface area contributed by atoms with Crippen LogP contribution in [-0.2, 0) is 16.8 Å². The Labute approximate surface area is 184 Å². The molecule has 2 fully saturated rings. The normalized spacial score (nSPS) is 22.3. The molecule has 0 bridgehead atoms. The van der Waals surface area contributed by atoms with Crippen LogP contribution in [0.25, 0.3) is 0 Å². The predicted octanol–water partition coefficient (Wildman–Crippen LogP) is 2.81. The molecule has 0 radical (unpaired) electrons. The van der Waals surface area contributed by atoms with E-state index in [-0.39, 0.29) is 11.4 Å². The van der Waals surface area contributed by atoms with Crippen molar-refractivity contribution in [3.63, 3.8) is 0 Å². The number of rotatable bonds is 7. The number of methoxy groups -OCH3 is 1. The van der Waals surface area contributed by atoms with Gasteiger partial charge in [-0.2, -0.15) is 0 Å². The monoisotopic (exact) mass is 426 g/mol. The first-order valence-corrected chi connectivity index (χ1v) is 11.4. The van der Waals surface area contributed by atoms with Gasteiger partial charge in [0.2, 0.25) is 5.91 Å². The van der Waals surface area contributed by atoms with Crippen LogP contribution < -0.4 is 4.74 Å². The minimum atomic E-state index is -0.357. The van der Waals surface area contributed by atoms with E-state index >= 15 is 0 Å². The van der Waals surface area contributed by atoms with E-state index in [4.69, 9.17) is 4.74 Å². The number of para-hydroxylation sites is 1. The first-order chi connectivity index (χ1) is 15.0. The fourth-order valence-corrected chi connectivity index (χ4v) is 5.20. The van der Waals surface area contributed by atoms with Gasteiger partial charge in [-0.3, -0.25) is 9.69 Å². The maximum absolute atomic E-state index is 13.2. The molecule has 8 nitrogen and oxygen atoms in total. The average molecular weight is 427 g/mol. The Morgan fingerprint density at radius 1 is 1.23 bits per heavy atom. The van der Waals surface area contributed by atoms with E-state index in [0.717, 1.165) is 49.4 Å². The number of amides is 1. The molecule has 1 atom stereocenters. The second kappa shape index (κ2) is 9.34. The summed E-state index contributed by atoms with van der Waals surface area (Å²) >= 11 is 0. The third kappa shape index (κ3) is 4.31. The molecule has 1 aromatic heterocycles. The largest absolute Gasteiger partial charge is 0.496 e. The third-order valence-electron chi connectivity index (χ3n) is 7.06. The molecule has 2 heterocycles. The standard InChI is InChI=1S/C23H34N6O2/c1-27(2)23(22-24-25-26-29(22)19-10-5-6-11-19)15-8-16-28(17-23)21(30)14-13-18-9-4-7-12-20(18)31-3/h4,7,9,12,19H,5-6,8,10-11,13-17H2,1-3H3. The number of likely N-dealkylation sites (tertiary alicyclic amines) is 1. The lowest BCUT2D eigenvalue weighted by Crippen LogP contribution is -2.56. The molecule has 1 saturated heterocycles. The summed E-state index contributed by atoms with van der Waals surface area (Å²) in [5, 5.41) is 12.9. The number of hydrogen-bond acceptors (Lipinski definition) is 6. The van der Waals surface area contributed by atoms with Crippen LogP contribution in [0.4, 0.5) is 0 Å². The van der Waals surface area contributed by atoms with Crippen molar-refractivity contribution in [1.29, 1.82) is 0 Å². The first-order valence-electron chi connectivity index (χ1n) is 11.4. The molecule has 168 valence electrons. The number of benzene rings is 1. The smallest absolute Gasteiger partial charge is 0.222 e. The van der Waals surface area contributed by atoms with Crippen molar-refractivity contribution in [3.05, 3.63) is 35.7 Å². The molecule has 1 aromatic carbocycles. The van der Waals surface area contributed by atoms with Crippen molar-refractivity contribution >= 4 is 5.91 Å². The summed E-state index contributed by atoms with van der Waals surface area (Å²) in [5.41, 5.74) is 0.712. The Hall–Kier alpha value is -2.48. The first kappa shape index (κ1) is 21.7. The number of nitrogens with zero attached hydrogens (tertiary/aromatic N) is 6. The second-order valence-electron chi connectivity index (χ2n) is 9.04. The van der Waals surface area contributed by atoms with Crippen molar-refractivity contribution in [2.75, 3.05) is 34.3 Å². The van der Waals surface area contributed by atoms with Crippen LogP contribution >= 0.6 is 0 Å². The molecule has 8 heteroatoms.